The van der Waals surface area contributed by atoms with Crippen molar-refractivity contribution in [3.8, 4) is 23.1 Å². The van der Waals surface area contributed by atoms with Crippen LogP contribution in [0.2, 0.25) is 0 Å². The van der Waals surface area contributed by atoms with Crippen molar-refractivity contribution in [1.82, 2.24) is 15.3 Å². The third-order valence-corrected chi connectivity index (χ3v) is 4.93. The van der Waals surface area contributed by atoms with E-state index in [-0.39, 0.29) is 23.3 Å². The van der Waals surface area contributed by atoms with E-state index in [1.165, 1.54) is 13.2 Å². The zero-order chi connectivity index (χ0) is 21.8. The number of carbonyl (C=O) groups is 1. The second kappa shape index (κ2) is 8.82. The first-order valence-corrected chi connectivity index (χ1v) is 9.43. The van der Waals surface area contributed by atoms with Crippen molar-refractivity contribution >= 4 is 17.9 Å². The topological polar surface area (TPSA) is 123 Å². The number of hydrogen-bond acceptors (Lipinski definition) is 7. The van der Waals surface area contributed by atoms with E-state index in [4.69, 9.17) is 15.1 Å². The molecule has 1 aliphatic rings. The van der Waals surface area contributed by atoms with E-state index in [2.05, 4.69) is 20.6 Å². The number of ether oxygens (including phenoxy) is 1. The average Bonchev–Trinajstić information content (AvgIpc) is 2.71. The summed E-state index contributed by atoms with van der Waals surface area (Å²) >= 11 is 0. The van der Waals surface area contributed by atoms with Gasteiger partial charge in [0.25, 0.3) is 0 Å². The zero-order valence-electron chi connectivity index (χ0n) is 16.9. The van der Waals surface area contributed by atoms with E-state index >= 15 is 0 Å². The molecule has 1 amide bonds. The standard InChI is InChI=1S/C20H23FN6O3/c1-11-4-13(24-20(28)29)10-27(9-11)18-7-16(25-19(23-2)26-18)12-5-15(21)14(8-22)17(6-12)30-3/h5-7,11,13,24H,4,9-10H2,1-3H3,(H,28,29)(H,23,25,26)/t11-,13-/m1/s1. The summed E-state index contributed by atoms with van der Waals surface area (Å²) in [5.41, 5.74) is 0.720. The highest BCUT2D eigenvalue weighted by molar-refractivity contribution is 5.69. The summed E-state index contributed by atoms with van der Waals surface area (Å²) in [6.45, 7) is 3.20. The van der Waals surface area contributed by atoms with Crippen LogP contribution in [0.5, 0.6) is 5.75 Å². The maximum atomic E-state index is 14.4. The molecule has 2 atom stereocenters. The summed E-state index contributed by atoms with van der Waals surface area (Å²) in [5, 5.41) is 23.6. The van der Waals surface area contributed by atoms with Crippen molar-refractivity contribution in [3.63, 3.8) is 0 Å². The molecule has 0 aliphatic carbocycles. The van der Waals surface area contributed by atoms with Gasteiger partial charge in [-0.25, -0.2) is 14.2 Å². The molecule has 9 nitrogen and oxygen atoms in total. The smallest absolute Gasteiger partial charge is 0.404 e. The van der Waals surface area contributed by atoms with Crippen LogP contribution in [0.3, 0.4) is 0 Å². The number of amides is 1. The second-order valence-electron chi connectivity index (χ2n) is 7.22. The normalized spacial score (nSPS) is 18.4. The molecular weight excluding hydrogens is 391 g/mol. The lowest BCUT2D eigenvalue weighted by molar-refractivity contribution is 0.186. The number of aromatic nitrogens is 2. The van der Waals surface area contributed by atoms with Crippen molar-refractivity contribution in [2.75, 3.05) is 37.5 Å². The molecule has 0 saturated carbocycles. The Morgan fingerprint density at radius 1 is 1.37 bits per heavy atom. The summed E-state index contributed by atoms with van der Waals surface area (Å²) in [7, 11) is 3.05. The largest absolute Gasteiger partial charge is 0.495 e. The number of nitriles is 1. The van der Waals surface area contributed by atoms with Crippen LogP contribution in [0.4, 0.5) is 21.0 Å². The SMILES string of the molecule is CNc1nc(-c2cc(F)c(C#N)c(OC)c2)cc(N2C[C@H](C)C[C@@H](NC(=O)O)C2)n1. The molecule has 30 heavy (non-hydrogen) atoms. The molecule has 3 rings (SSSR count). The van der Waals surface area contributed by atoms with Gasteiger partial charge in [0, 0.05) is 31.8 Å². The third-order valence-electron chi connectivity index (χ3n) is 4.93. The van der Waals surface area contributed by atoms with Crippen LogP contribution in [-0.4, -0.2) is 54.5 Å². The zero-order valence-corrected chi connectivity index (χ0v) is 16.9. The number of anilines is 2. The molecule has 0 bridgehead atoms. The Balaban J connectivity index is 2.01. The van der Waals surface area contributed by atoms with Crippen LogP contribution in [-0.2, 0) is 0 Å². The predicted octanol–water partition coefficient (Wildman–Crippen LogP) is 2.69. The highest BCUT2D eigenvalue weighted by Gasteiger charge is 2.27. The lowest BCUT2D eigenvalue weighted by atomic mass is 9.96. The van der Waals surface area contributed by atoms with Crippen molar-refractivity contribution in [3.05, 3.63) is 29.6 Å². The van der Waals surface area contributed by atoms with Gasteiger partial charge in [0.15, 0.2) is 0 Å². The fraction of sp³-hybridized carbons (Fsp3) is 0.400. The maximum Gasteiger partial charge on any atom is 0.404 e. The van der Waals surface area contributed by atoms with Crippen molar-refractivity contribution < 1.29 is 19.0 Å². The van der Waals surface area contributed by atoms with Gasteiger partial charge in [-0.2, -0.15) is 10.2 Å². The van der Waals surface area contributed by atoms with E-state index in [0.717, 1.165) is 6.42 Å². The first-order chi connectivity index (χ1) is 14.3. The molecular formula is C20H23FN6O3. The van der Waals surface area contributed by atoms with E-state index in [9.17, 15) is 9.18 Å². The van der Waals surface area contributed by atoms with Gasteiger partial charge >= 0.3 is 6.09 Å². The van der Waals surface area contributed by atoms with Crippen LogP contribution >= 0.6 is 0 Å². The Bertz CT molecular complexity index is 993. The number of halogens is 1. The number of benzene rings is 1. The molecule has 1 aliphatic heterocycles. The molecule has 2 heterocycles. The average molecular weight is 414 g/mol. The fourth-order valence-corrected chi connectivity index (χ4v) is 3.67. The van der Waals surface area contributed by atoms with E-state index in [1.807, 2.05) is 11.8 Å². The molecule has 1 fully saturated rings. The molecule has 2 aromatic rings. The molecule has 10 heteroatoms. The predicted molar refractivity (Wildman–Crippen MR) is 109 cm³/mol. The molecule has 1 saturated heterocycles. The third kappa shape index (κ3) is 4.51. The van der Waals surface area contributed by atoms with Gasteiger partial charge < -0.3 is 25.4 Å². The van der Waals surface area contributed by atoms with Crippen LogP contribution in [0.25, 0.3) is 11.3 Å². The fourth-order valence-electron chi connectivity index (χ4n) is 3.67. The minimum absolute atomic E-state index is 0.121. The molecule has 158 valence electrons. The number of carboxylic acid groups (broad SMARTS) is 1. The molecule has 3 N–H and O–H groups in total. The molecule has 1 aromatic carbocycles. The van der Waals surface area contributed by atoms with Gasteiger partial charge in [-0.1, -0.05) is 6.92 Å². The lowest BCUT2D eigenvalue weighted by Crippen LogP contribution is -2.50. The van der Waals surface area contributed by atoms with Crippen molar-refractivity contribution in [2.45, 2.75) is 19.4 Å². The first-order valence-electron chi connectivity index (χ1n) is 9.43. The Morgan fingerprint density at radius 2 is 2.13 bits per heavy atom. The summed E-state index contributed by atoms with van der Waals surface area (Å²) in [4.78, 5) is 22.0. The lowest BCUT2D eigenvalue weighted by Gasteiger charge is -2.37. The van der Waals surface area contributed by atoms with Crippen LogP contribution in [0.1, 0.15) is 18.9 Å². The van der Waals surface area contributed by atoms with Gasteiger partial charge in [-0.15, -0.1) is 0 Å². The Morgan fingerprint density at radius 3 is 2.77 bits per heavy atom. The van der Waals surface area contributed by atoms with E-state index in [0.29, 0.717) is 36.1 Å². The summed E-state index contributed by atoms with van der Waals surface area (Å²) in [5.74, 6) is 0.606. The van der Waals surface area contributed by atoms with Crippen molar-refractivity contribution in [1.29, 1.82) is 5.26 Å². The van der Waals surface area contributed by atoms with Crippen LogP contribution in [0.15, 0.2) is 18.2 Å². The van der Waals surface area contributed by atoms with Crippen LogP contribution < -0.4 is 20.3 Å². The Kier molecular flexibility index (Phi) is 6.20. The van der Waals surface area contributed by atoms with Gasteiger partial charge in [0.1, 0.15) is 29.0 Å². The highest BCUT2D eigenvalue weighted by Crippen LogP contribution is 2.31. The number of rotatable bonds is 5. The molecule has 1 aromatic heterocycles. The van der Waals surface area contributed by atoms with E-state index < -0.39 is 11.9 Å². The number of piperidine rings is 1. The molecule has 0 unspecified atom stereocenters. The Hall–Kier alpha value is -3.61. The second-order valence-corrected chi connectivity index (χ2v) is 7.22. The van der Waals surface area contributed by atoms with Crippen LogP contribution in [0, 0.1) is 23.1 Å². The first kappa shape index (κ1) is 21.1. The highest BCUT2D eigenvalue weighted by atomic mass is 19.1. The van der Waals surface area contributed by atoms with Gasteiger partial charge in [0.2, 0.25) is 5.95 Å². The minimum Gasteiger partial charge on any atom is -0.495 e. The molecule has 0 spiro atoms. The van der Waals surface area contributed by atoms with E-state index in [1.54, 1.807) is 25.2 Å². The summed E-state index contributed by atoms with van der Waals surface area (Å²) < 4.78 is 19.6. The monoisotopic (exact) mass is 414 g/mol. The van der Waals surface area contributed by atoms with Gasteiger partial charge in [0.05, 0.1) is 18.8 Å². The number of nitrogens with zero attached hydrogens (tertiary/aromatic N) is 4. The minimum atomic E-state index is -1.06. The number of nitrogens with one attached hydrogen (secondary N) is 2. The number of hydrogen-bond donors (Lipinski definition) is 3. The molecule has 0 radical (unpaired) electrons. The van der Waals surface area contributed by atoms with Gasteiger partial charge in [-0.05, 0) is 24.5 Å². The van der Waals surface area contributed by atoms with Crippen molar-refractivity contribution in [2.24, 2.45) is 5.92 Å². The summed E-state index contributed by atoms with van der Waals surface area (Å²) in [6, 6.07) is 6.08. The Labute approximate surface area is 173 Å². The maximum absolute atomic E-state index is 14.4. The quantitative estimate of drug-likeness (QED) is 0.682. The van der Waals surface area contributed by atoms with Gasteiger partial charge in [-0.3, -0.25) is 0 Å². The summed E-state index contributed by atoms with van der Waals surface area (Å²) in [6.07, 6.45) is -0.328. The number of methoxy groups -OCH3 is 1.